The molecule has 1 aromatic rings. The Kier molecular flexibility index (Phi) is 2.69. The predicted molar refractivity (Wildman–Crippen MR) is 42.2 cm³/mol. The second kappa shape index (κ2) is 3.40. The van der Waals surface area contributed by atoms with Crippen LogP contribution >= 0.6 is 11.5 Å². The fraction of sp³-hybridized carbons (Fsp3) is 0.667. The Labute approximate surface area is 72.8 Å². The Morgan fingerprint density at radius 2 is 2.42 bits per heavy atom. The van der Waals surface area contributed by atoms with Crippen molar-refractivity contribution in [3.8, 4) is 0 Å². The van der Waals surface area contributed by atoms with Gasteiger partial charge in [0.2, 0.25) is 0 Å². The summed E-state index contributed by atoms with van der Waals surface area (Å²) in [6.45, 7) is 0.803. The molecule has 0 radical (unpaired) electrons. The van der Waals surface area contributed by atoms with Gasteiger partial charge in [-0.1, -0.05) is 4.49 Å². The summed E-state index contributed by atoms with van der Waals surface area (Å²) in [6.07, 6.45) is 0.0694. The lowest BCUT2D eigenvalue weighted by Gasteiger charge is -2.17. The number of aromatic nitrogens is 2. The number of hydrogen-bond acceptors (Lipinski definition) is 4. The van der Waals surface area contributed by atoms with E-state index in [0.29, 0.717) is 5.69 Å². The van der Waals surface area contributed by atoms with Crippen LogP contribution in [0, 0.1) is 0 Å². The minimum atomic E-state index is -2.86. The molecule has 0 aliphatic rings. The molecule has 0 aromatic carbocycles. The molecule has 68 valence electrons. The summed E-state index contributed by atoms with van der Waals surface area (Å²) in [5.41, 5.74) is 5.75. The molecule has 1 atom stereocenters. The third kappa shape index (κ3) is 2.46. The first-order valence-electron chi connectivity index (χ1n) is 3.39. The monoisotopic (exact) mass is 193 g/mol. The molecule has 0 aliphatic carbocycles. The SMILES string of the molecule is CC(F)(F)C(N)Cc1csnn1. The van der Waals surface area contributed by atoms with Crippen molar-refractivity contribution in [3.63, 3.8) is 0 Å². The molecular formula is C6H9F2N3S. The Morgan fingerprint density at radius 3 is 2.83 bits per heavy atom. The molecule has 1 unspecified atom stereocenters. The van der Waals surface area contributed by atoms with E-state index in [9.17, 15) is 8.78 Å². The standard InChI is InChI=1S/C6H9F2N3S/c1-6(7,8)5(9)2-4-3-12-11-10-4/h3,5H,2,9H2,1H3. The van der Waals surface area contributed by atoms with Gasteiger partial charge in [-0.15, -0.1) is 5.10 Å². The largest absolute Gasteiger partial charge is 0.322 e. The van der Waals surface area contributed by atoms with Gasteiger partial charge in [0.25, 0.3) is 5.92 Å². The summed E-state index contributed by atoms with van der Waals surface area (Å²) in [5.74, 6) is -2.86. The highest BCUT2D eigenvalue weighted by Gasteiger charge is 2.31. The van der Waals surface area contributed by atoms with Crippen LogP contribution in [0.25, 0.3) is 0 Å². The third-order valence-electron chi connectivity index (χ3n) is 1.49. The average Bonchev–Trinajstić information content (AvgIpc) is 2.37. The van der Waals surface area contributed by atoms with Crippen molar-refractivity contribution in [1.29, 1.82) is 0 Å². The number of nitrogens with zero attached hydrogens (tertiary/aromatic N) is 2. The topological polar surface area (TPSA) is 51.8 Å². The Hall–Kier alpha value is -0.620. The number of halogens is 2. The smallest absolute Gasteiger partial charge is 0.260 e. The molecule has 1 rings (SSSR count). The van der Waals surface area contributed by atoms with E-state index in [-0.39, 0.29) is 6.42 Å². The second-order valence-electron chi connectivity index (χ2n) is 2.66. The normalized spacial score (nSPS) is 14.7. The molecule has 0 spiro atoms. The van der Waals surface area contributed by atoms with Gasteiger partial charge in [-0.25, -0.2) is 8.78 Å². The molecule has 0 saturated carbocycles. The van der Waals surface area contributed by atoms with E-state index in [2.05, 4.69) is 9.59 Å². The van der Waals surface area contributed by atoms with Gasteiger partial charge in [0.15, 0.2) is 0 Å². The van der Waals surface area contributed by atoms with E-state index in [1.165, 1.54) is 0 Å². The molecule has 0 aliphatic heterocycles. The van der Waals surface area contributed by atoms with Crippen LogP contribution in [0.4, 0.5) is 8.78 Å². The average molecular weight is 193 g/mol. The van der Waals surface area contributed by atoms with Gasteiger partial charge < -0.3 is 5.73 Å². The lowest BCUT2D eigenvalue weighted by Crippen LogP contribution is -2.40. The van der Waals surface area contributed by atoms with Gasteiger partial charge in [0.05, 0.1) is 11.7 Å². The number of nitrogens with two attached hydrogens (primary N) is 1. The zero-order valence-electron chi connectivity index (χ0n) is 6.50. The minimum Gasteiger partial charge on any atom is -0.322 e. The van der Waals surface area contributed by atoms with Gasteiger partial charge >= 0.3 is 0 Å². The predicted octanol–water partition coefficient (Wildman–Crippen LogP) is 1.06. The summed E-state index contributed by atoms with van der Waals surface area (Å²) in [5, 5.41) is 5.24. The summed E-state index contributed by atoms with van der Waals surface area (Å²) in [6, 6.07) is -1.18. The van der Waals surface area contributed by atoms with Crippen molar-refractivity contribution in [1.82, 2.24) is 9.59 Å². The Morgan fingerprint density at radius 1 is 1.75 bits per heavy atom. The van der Waals surface area contributed by atoms with Crippen LogP contribution in [0.1, 0.15) is 12.6 Å². The van der Waals surface area contributed by atoms with Gasteiger partial charge in [0, 0.05) is 18.7 Å². The molecule has 0 bridgehead atoms. The van der Waals surface area contributed by atoms with Crippen LogP contribution in [0.3, 0.4) is 0 Å². The molecule has 1 aromatic heterocycles. The summed E-state index contributed by atoms with van der Waals surface area (Å²) in [4.78, 5) is 0. The van der Waals surface area contributed by atoms with Crippen molar-refractivity contribution in [3.05, 3.63) is 11.1 Å². The van der Waals surface area contributed by atoms with Crippen molar-refractivity contribution in [2.24, 2.45) is 5.73 Å². The maximum absolute atomic E-state index is 12.5. The highest BCUT2D eigenvalue weighted by molar-refractivity contribution is 7.03. The lowest BCUT2D eigenvalue weighted by molar-refractivity contribution is -0.00540. The summed E-state index contributed by atoms with van der Waals surface area (Å²) >= 11 is 1.13. The molecule has 0 saturated heterocycles. The van der Waals surface area contributed by atoms with Crippen molar-refractivity contribution in [2.75, 3.05) is 0 Å². The first-order valence-corrected chi connectivity index (χ1v) is 4.23. The molecule has 6 heteroatoms. The first kappa shape index (κ1) is 9.47. The zero-order chi connectivity index (χ0) is 9.19. The zero-order valence-corrected chi connectivity index (χ0v) is 7.31. The van der Waals surface area contributed by atoms with Crippen molar-refractivity contribution < 1.29 is 8.78 Å². The van der Waals surface area contributed by atoms with Crippen LogP contribution < -0.4 is 5.73 Å². The Balaban J connectivity index is 2.53. The van der Waals surface area contributed by atoms with Crippen molar-refractivity contribution in [2.45, 2.75) is 25.3 Å². The number of rotatable bonds is 3. The Bertz CT molecular complexity index is 231. The second-order valence-corrected chi connectivity index (χ2v) is 3.27. The van der Waals surface area contributed by atoms with Crippen LogP contribution in [0.2, 0.25) is 0 Å². The van der Waals surface area contributed by atoms with Crippen molar-refractivity contribution >= 4 is 11.5 Å². The van der Waals surface area contributed by atoms with Crippen LogP contribution in [0.5, 0.6) is 0 Å². The van der Waals surface area contributed by atoms with Gasteiger partial charge in [-0.3, -0.25) is 0 Å². The third-order valence-corrected chi connectivity index (χ3v) is 2.04. The first-order chi connectivity index (χ1) is 5.50. The molecule has 3 nitrogen and oxygen atoms in total. The molecule has 0 fully saturated rings. The quantitative estimate of drug-likeness (QED) is 0.781. The van der Waals surface area contributed by atoms with Gasteiger partial charge in [-0.2, -0.15) is 0 Å². The van der Waals surface area contributed by atoms with Gasteiger partial charge in [0.1, 0.15) is 0 Å². The van der Waals surface area contributed by atoms with Crippen LogP contribution in [0.15, 0.2) is 5.38 Å². The fourth-order valence-corrected chi connectivity index (χ4v) is 1.14. The highest BCUT2D eigenvalue weighted by atomic mass is 32.1. The number of alkyl halides is 2. The van der Waals surface area contributed by atoms with E-state index in [0.717, 1.165) is 18.5 Å². The molecular weight excluding hydrogens is 184 g/mol. The highest BCUT2D eigenvalue weighted by Crippen LogP contribution is 2.18. The summed E-state index contributed by atoms with van der Waals surface area (Å²) < 4.78 is 28.6. The maximum atomic E-state index is 12.5. The van der Waals surface area contributed by atoms with Crippen LogP contribution in [-0.2, 0) is 6.42 Å². The van der Waals surface area contributed by atoms with Crippen LogP contribution in [-0.4, -0.2) is 21.6 Å². The van der Waals surface area contributed by atoms with E-state index >= 15 is 0 Å². The van der Waals surface area contributed by atoms with E-state index < -0.39 is 12.0 Å². The van der Waals surface area contributed by atoms with E-state index in [1.807, 2.05) is 0 Å². The van der Waals surface area contributed by atoms with E-state index in [1.54, 1.807) is 5.38 Å². The molecule has 1 heterocycles. The maximum Gasteiger partial charge on any atom is 0.260 e. The minimum absolute atomic E-state index is 0.0694. The number of hydrogen-bond donors (Lipinski definition) is 1. The summed E-state index contributed by atoms with van der Waals surface area (Å²) in [7, 11) is 0. The fourth-order valence-electron chi connectivity index (χ4n) is 0.677. The molecule has 2 N–H and O–H groups in total. The van der Waals surface area contributed by atoms with Gasteiger partial charge in [-0.05, 0) is 11.5 Å². The molecule has 12 heavy (non-hydrogen) atoms. The lowest BCUT2D eigenvalue weighted by atomic mass is 10.1. The molecule has 0 amide bonds. The van der Waals surface area contributed by atoms with E-state index in [4.69, 9.17) is 5.73 Å².